The molecule has 1 fully saturated rings. The van der Waals surface area contributed by atoms with Gasteiger partial charge in [0.2, 0.25) is 5.91 Å². The summed E-state index contributed by atoms with van der Waals surface area (Å²) in [6, 6.07) is 7.63. The van der Waals surface area contributed by atoms with Crippen molar-refractivity contribution < 1.29 is 19.1 Å². The predicted molar refractivity (Wildman–Crippen MR) is 88.8 cm³/mol. The Balaban J connectivity index is 1.67. The second-order valence-electron chi connectivity index (χ2n) is 6.38. The van der Waals surface area contributed by atoms with E-state index in [0.717, 1.165) is 18.4 Å². The van der Waals surface area contributed by atoms with E-state index in [1.54, 1.807) is 24.0 Å². The molecular weight excluding hydrogens is 308 g/mol. The van der Waals surface area contributed by atoms with Crippen molar-refractivity contribution in [3.8, 4) is 0 Å². The van der Waals surface area contributed by atoms with Crippen molar-refractivity contribution in [2.45, 2.75) is 25.0 Å². The van der Waals surface area contributed by atoms with Crippen LogP contribution in [-0.2, 0) is 20.7 Å². The lowest BCUT2D eigenvalue weighted by atomic mass is 9.99. The molecule has 130 valence electrons. The van der Waals surface area contributed by atoms with Crippen LogP contribution in [0, 0.1) is 0 Å². The van der Waals surface area contributed by atoms with Crippen molar-refractivity contribution in [3.63, 3.8) is 0 Å². The lowest BCUT2D eigenvalue weighted by Crippen LogP contribution is -2.48. The van der Waals surface area contributed by atoms with Crippen LogP contribution in [0.4, 0.5) is 0 Å². The summed E-state index contributed by atoms with van der Waals surface area (Å²) in [6.45, 7) is 1.74. The summed E-state index contributed by atoms with van der Waals surface area (Å²) >= 11 is 0. The van der Waals surface area contributed by atoms with E-state index in [1.807, 2.05) is 24.3 Å². The first-order valence-corrected chi connectivity index (χ1v) is 8.32. The van der Waals surface area contributed by atoms with Crippen LogP contribution in [0.15, 0.2) is 24.3 Å². The third-order valence-corrected chi connectivity index (χ3v) is 4.90. The Kier molecular flexibility index (Phi) is 5.16. The lowest BCUT2D eigenvalue weighted by molar-refractivity contribution is -0.134. The Bertz CT molecular complexity index is 619. The molecule has 3 rings (SSSR count). The van der Waals surface area contributed by atoms with Crippen molar-refractivity contribution in [2.75, 3.05) is 40.5 Å². The zero-order valence-corrected chi connectivity index (χ0v) is 14.2. The van der Waals surface area contributed by atoms with Crippen LogP contribution in [0.1, 0.15) is 22.3 Å². The largest absolute Gasteiger partial charge is 0.383 e. The van der Waals surface area contributed by atoms with Crippen LogP contribution < -0.4 is 0 Å². The van der Waals surface area contributed by atoms with E-state index in [2.05, 4.69) is 0 Å². The van der Waals surface area contributed by atoms with Crippen LogP contribution in [0.3, 0.4) is 0 Å². The number of amides is 2. The molecule has 2 atom stereocenters. The summed E-state index contributed by atoms with van der Waals surface area (Å²) in [4.78, 5) is 28.8. The molecule has 0 saturated carbocycles. The molecule has 1 aromatic carbocycles. The minimum Gasteiger partial charge on any atom is -0.383 e. The molecule has 0 aromatic heterocycles. The molecule has 1 aromatic rings. The molecule has 0 aliphatic carbocycles. The van der Waals surface area contributed by atoms with E-state index in [4.69, 9.17) is 9.47 Å². The predicted octanol–water partition coefficient (Wildman–Crippen LogP) is 0.947. The first-order valence-electron chi connectivity index (χ1n) is 8.32. The van der Waals surface area contributed by atoms with Gasteiger partial charge in [-0.2, -0.15) is 0 Å². The van der Waals surface area contributed by atoms with Gasteiger partial charge in [0, 0.05) is 32.9 Å². The van der Waals surface area contributed by atoms with Gasteiger partial charge in [-0.25, -0.2) is 0 Å². The molecular formula is C18H24N2O4. The van der Waals surface area contributed by atoms with Crippen molar-refractivity contribution in [1.82, 2.24) is 9.80 Å². The number of benzene rings is 1. The molecule has 1 saturated heterocycles. The minimum atomic E-state index is -0.0593. The van der Waals surface area contributed by atoms with E-state index >= 15 is 0 Å². The Morgan fingerprint density at radius 1 is 1.29 bits per heavy atom. The maximum Gasteiger partial charge on any atom is 0.254 e. The van der Waals surface area contributed by atoms with Gasteiger partial charge in [0.1, 0.15) is 6.54 Å². The summed E-state index contributed by atoms with van der Waals surface area (Å²) in [5, 5.41) is 0. The summed E-state index contributed by atoms with van der Waals surface area (Å²) in [5.41, 5.74) is 1.77. The fraction of sp³-hybridized carbons (Fsp3) is 0.556. The topological polar surface area (TPSA) is 59.1 Å². The number of nitrogens with zero attached hydrogens (tertiary/aromatic N) is 2. The van der Waals surface area contributed by atoms with Crippen molar-refractivity contribution in [1.29, 1.82) is 0 Å². The second-order valence-corrected chi connectivity index (χ2v) is 6.38. The third-order valence-electron chi connectivity index (χ3n) is 4.90. The first-order chi connectivity index (χ1) is 11.6. The van der Waals surface area contributed by atoms with Gasteiger partial charge in [0.05, 0.1) is 18.8 Å². The molecule has 6 nitrogen and oxygen atoms in total. The Morgan fingerprint density at radius 3 is 2.83 bits per heavy atom. The third kappa shape index (κ3) is 3.30. The number of carbonyl (C=O) groups is 2. The van der Waals surface area contributed by atoms with Crippen molar-refractivity contribution >= 4 is 11.8 Å². The highest BCUT2D eigenvalue weighted by atomic mass is 16.5. The van der Waals surface area contributed by atoms with Gasteiger partial charge in [0.15, 0.2) is 0 Å². The standard InChI is InChI=1S/C18H24N2O4/c1-23-12-14-9-15(24-2)10-20(14)17(21)11-19-8-7-13-5-3-4-6-16(13)18(19)22/h3-6,14-15H,7-12H2,1-2H3/t14-,15+/m0/s1. The second kappa shape index (κ2) is 7.32. The highest BCUT2D eigenvalue weighted by molar-refractivity contribution is 5.98. The van der Waals surface area contributed by atoms with Crippen molar-refractivity contribution in [3.05, 3.63) is 35.4 Å². The van der Waals surface area contributed by atoms with Gasteiger partial charge < -0.3 is 19.3 Å². The SMILES string of the molecule is COC[C@@H]1C[C@@H](OC)CN1C(=O)CN1CCc2ccccc2C1=O. The summed E-state index contributed by atoms with van der Waals surface area (Å²) in [7, 11) is 3.29. The molecule has 2 amide bonds. The Hall–Kier alpha value is -1.92. The number of hydrogen-bond donors (Lipinski definition) is 0. The molecule has 0 spiro atoms. The highest BCUT2D eigenvalue weighted by Crippen LogP contribution is 2.22. The van der Waals surface area contributed by atoms with Gasteiger partial charge in [-0.15, -0.1) is 0 Å². The number of ether oxygens (including phenoxy) is 2. The van der Waals surface area contributed by atoms with E-state index in [0.29, 0.717) is 25.3 Å². The Morgan fingerprint density at radius 2 is 2.08 bits per heavy atom. The molecule has 0 bridgehead atoms. The fourth-order valence-corrected chi connectivity index (χ4v) is 3.58. The molecule has 24 heavy (non-hydrogen) atoms. The molecule has 0 unspecified atom stereocenters. The maximum absolute atomic E-state index is 12.7. The first kappa shape index (κ1) is 16.9. The average molecular weight is 332 g/mol. The van der Waals surface area contributed by atoms with E-state index in [1.165, 1.54) is 0 Å². The van der Waals surface area contributed by atoms with Crippen LogP contribution in [0.2, 0.25) is 0 Å². The fourth-order valence-electron chi connectivity index (χ4n) is 3.58. The molecule has 0 N–H and O–H groups in total. The van der Waals surface area contributed by atoms with E-state index < -0.39 is 0 Å². The Labute approximate surface area is 142 Å². The molecule has 2 aliphatic rings. The van der Waals surface area contributed by atoms with Gasteiger partial charge >= 0.3 is 0 Å². The molecule has 0 radical (unpaired) electrons. The van der Waals surface area contributed by atoms with Gasteiger partial charge in [-0.3, -0.25) is 9.59 Å². The van der Waals surface area contributed by atoms with Crippen LogP contribution in [0.25, 0.3) is 0 Å². The van der Waals surface area contributed by atoms with Crippen LogP contribution in [-0.4, -0.2) is 74.2 Å². The number of fused-ring (bicyclic) bond motifs is 1. The minimum absolute atomic E-state index is 0.0135. The van der Waals surface area contributed by atoms with Crippen molar-refractivity contribution in [2.24, 2.45) is 0 Å². The summed E-state index contributed by atoms with van der Waals surface area (Å²) in [5.74, 6) is -0.0969. The normalized spacial score (nSPS) is 23.5. The molecule has 6 heteroatoms. The zero-order valence-electron chi connectivity index (χ0n) is 14.2. The average Bonchev–Trinajstić information content (AvgIpc) is 3.01. The summed E-state index contributed by atoms with van der Waals surface area (Å²) in [6.07, 6.45) is 1.59. The quantitative estimate of drug-likeness (QED) is 0.805. The zero-order chi connectivity index (χ0) is 17.1. The van der Waals surface area contributed by atoms with E-state index in [-0.39, 0.29) is 30.5 Å². The van der Waals surface area contributed by atoms with Gasteiger partial charge in [-0.05, 0) is 24.5 Å². The number of likely N-dealkylation sites (tertiary alicyclic amines) is 1. The van der Waals surface area contributed by atoms with Gasteiger partial charge in [0.25, 0.3) is 5.91 Å². The van der Waals surface area contributed by atoms with Crippen LogP contribution >= 0.6 is 0 Å². The number of methoxy groups -OCH3 is 2. The number of rotatable bonds is 5. The van der Waals surface area contributed by atoms with E-state index in [9.17, 15) is 9.59 Å². The van der Waals surface area contributed by atoms with Gasteiger partial charge in [-0.1, -0.05) is 18.2 Å². The maximum atomic E-state index is 12.7. The highest BCUT2D eigenvalue weighted by Gasteiger charge is 2.36. The number of hydrogen-bond acceptors (Lipinski definition) is 4. The monoisotopic (exact) mass is 332 g/mol. The lowest BCUT2D eigenvalue weighted by Gasteiger charge is -2.31. The number of carbonyl (C=O) groups excluding carboxylic acids is 2. The molecule has 2 heterocycles. The van der Waals surface area contributed by atoms with Crippen LogP contribution in [0.5, 0.6) is 0 Å². The smallest absolute Gasteiger partial charge is 0.254 e. The summed E-state index contributed by atoms with van der Waals surface area (Å²) < 4.78 is 10.6. The molecule has 2 aliphatic heterocycles.